The van der Waals surface area contributed by atoms with Gasteiger partial charge in [0, 0.05) is 6.21 Å². The summed E-state index contributed by atoms with van der Waals surface area (Å²) in [6.07, 6.45) is 1.29. The van der Waals surface area contributed by atoms with Crippen molar-refractivity contribution in [1.82, 2.24) is 9.55 Å². The van der Waals surface area contributed by atoms with E-state index in [4.69, 9.17) is 4.74 Å². The molecule has 0 atom stereocenters. The summed E-state index contributed by atoms with van der Waals surface area (Å²) in [6, 6.07) is 6.62. The van der Waals surface area contributed by atoms with Gasteiger partial charge in [-0.05, 0) is 31.2 Å². The van der Waals surface area contributed by atoms with Crippen LogP contribution in [0.15, 0.2) is 38.8 Å². The average molecular weight is 347 g/mol. The standard InChI is InChI=1S/C17H22N4O4/c1-4-25-13-7-5-12(6-8-13)21-16(23)14(15(22)19-17(21)24)11-18-9-10-20(2)3/h5-8,11,23H,4,9-10H2,1-3H3,(H,19,22,24)/p+1. The second kappa shape index (κ2) is 8.29. The molecular formula is C17H23N4O4+. The van der Waals surface area contributed by atoms with Gasteiger partial charge in [-0.15, -0.1) is 0 Å². The van der Waals surface area contributed by atoms with Crippen LogP contribution in [0.25, 0.3) is 5.69 Å². The van der Waals surface area contributed by atoms with E-state index in [1.165, 1.54) is 11.1 Å². The largest absolute Gasteiger partial charge is 0.494 e. The van der Waals surface area contributed by atoms with Gasteiger partial charge in [0.1, 0.15) is 11.3 Å². The number of hydrogen-bond donors (Lipinski definition) is 3. The van der Waals surface area contributed by atoms with E-state index >= 15 is 0 Å². The van der Waals surface area contributed by atoms with Crippen LogP contribution in [0.5, 0.6) is 11.6 Å². The lowest BCUT2D eigenvalue weighted by molar-refractivity contribution is -0.856. The van der Waals surface area contributed by atoms with Crippen LogP contribution in [0, 0.1) is 0 Å². The number of rotatable bonds is 7. The fourth-order valence-corrected chi connectivity index (χ4v) is 2.20. The number of hydrogen-bond acceptors (Lipinski definition) is 5. The maximum Gasteiger partial charge on any atom is 0.335 e. The number of quaternary nitrogens is 1. The smallest absolute Gasteiger partial charge is 0.335 e. The predicted molar refractivity (Wildman–Crippen MR) is 95.6 cm³/mol. The Morgan fingerprint density at radius 2 is 1.96 bits per heavy atom. The van der Waals surface area contributed by atoms with Gasteiger partial charge < -0.3 is 14.7 Å². The highest BCUT2D eigenvalue weighted by molar-refractivity contribution is 5.82. The highest BCUT2D eigenvalue weighted by Gasteiger charge is 2.14. The molecule has 8 heteroatoms. The van der Waals surface area contributed by atoms with Crippen molar-refractivity contribution in [3.05, 3.63) is 50.7 Å². The first kappa shape index (κ1) is 18.5. The maximum absolute atomic E-state index is 12.1. The van der Waals surface area contributed by atoms with Crippen molar-refractivity contribution in [1.29, 1.82) is 0 Å². The van der Waals surface area contributed by atoms with Crippen molar-refractivity contribution >= 4 is 6.21 Å². The molecule has 0 saturated carbocycles. The average Bonchev–Trinajstić information content (AvgIpc) is 2.55. The lowest BCUT2D eigenvalue weighted by atomic mass is 10.2. The van der Waals surface area contributed by atoms with Gasteiger partial charge in [-0.2, -0.15) is 0 Å². The summed E-state index contributed by atoms with van der Waals surface area (Å²) in [6.45, 7) is 3.69. The molecule has 25 heavy (non-hydrogen) atoms. The summed E-state index contributed by atoms with van der Waals surface area (Å²) in [5, 5.41) is 10.4. The first-order valence-corrected chi connectivity index (χ1v) is 8.04. The number of nitrogens with zero attached hydrogens (tertiary/aromatic N) is 2. The third-order valence-corrected chi connectivity index (χ3v) is 3.49. The van der Waals surface area contributed by atoms with Gasteiger partial charge in [0.25, 0.3) is 5.56 Å². The number of benzene rings is 1. The minimum atomic E-state index is -0.721. The Labute approximate surface area is 145 Å². The summed E-state index contributed by atoms with van der Waals surface area (Å²) in [7, 11) is 3.98. The molecule has 2 rings (SSSR count). The van der Waals surface area contributed by atoms with Gasteiger partial charge in [0.15, 0.2) is 0 Å². The van der Waals surface area contributed by atoms with Crippen LogP contribution in [0.1, 0.15) is 12.5 Å². The summed E-state index contributed by atoms with van der Waals surface area (Å²) >= 11 is 0. The molecule has 0 spiro atoms. The number of aromatic hydroxyl groups is 1. The van der Waals surface area contributed by atoms with Crippen LogP contribution in [0.4, 0.5) is 0 Å². The summed E-state index contributed by atoms with van der Waals surface area (Å²) in [5.41, 5.74) is -1.04. The first-order valence-electron chi connectivity index (χ1n) is 8.04. The number of likely N-dealkylation sites (N-methyl/N-ethyl adjacent to an activating group) is 1. The van der Waals surface area contributed by atoms with E-state index in [0.29, 0.717) is 24.6 Å². The highest BCUT2D eigenvalue weighted by Crippen LogP contribution is 2.18. The van der Waals surface area contributed by atoms with Crippen molar-refractivity contribution in [3.63, 3.8) is 0 Å². The Morgan fingerprint density at radius 3 is 2.56 bits per heavy atom. The van der Waals surface area contributed by atoms with Gasteiger partial charge in [0.2, 0.25) is 5.88 Å². The third kappa shape index (κ3) is 4.57. The van der Waals surface area contributed by atoms with Crippen molar-refractivity contribution < 1.29 is 14.7 Å². The molecule has 0 aliphatic carbocycles. The molecule has 8 nitrogen and oxygen atoms in total. The molecule has 1 heterocycles. The number of aromatic amines is 1. The lowest BCUT2D eigenvalue weighted by Gasteiger charge is -2.10. The fraction of sp³-hybridized carbons (Fsp3) is 0.353. The van der Waals surface area contributed by atoms with Gasteiger partial charge >= 0.3 is 5.69 Å². The second-order valence-corrected chi connectivity index (χ2v) is 5.75. The number of aromatic nitrogens is 2. The van der Waals surface area contributed by atoms with Crippen LogP contribution in [-0.2, 0) is 0 Å². The molecule has 0 amide bonds. The lowest BCUT2D eigenvalue weighted by Crippen LogP contribution is -3.06. The summed E-state index contributed by atoms with van der Waals surface area (Å²) in [4.78, 5) is 31.6. The molecule has 0 bridgehead atoms. The fourth-order valence-electron chi connectivity index (χ4n) is 2.20. The Hall–Kier alpha value is -2.87. The van der Waals surface area contributed by atoms with E-state index < -0.39 is 17.1 Å². The Balaban J connectivity index is 2.40. The molecule has 1 aromatic heterocycles. The number of aliphatic imine (C=N–C) groups is 1. The number of H-pyrrole nitrogens is 1. The van der Waals surface area contributed by atoms with Crippen molar-refractivity contribution in [3.8, 4) is 17.3 Å². The zero-order valence-electron chi connectivity index (χ0n) is 14.6. The van der Waals surface area contributed by atoms with Crippen molar-refractivity contribution in [2.75, 3.05) is 33.8 Å². The second-order valence-electron chi connectivity index (χ2n) is 5.75. The van der Waals surface area contributed by atoms with Crippen LogP contribution >= 0.6 is 0 Å². The minimum absolute atomic E-state index is 0.0535. The topological polar surface area (TPSA) is 101 Å². The Bertz CT molecular complexity index is 850. The van der Waals surface area contributed by atoms with Crippen LogP contribution in [-0.4, -0.2) is 54.7 Å². The molecule has 0 saturated heterocycles. The zero-order chi connectivity index (χ0) is 18.4. The normalized spacial score (nSPS) is 11.4. The van der Waals surface area contributed by atoms with E-state index in [2.05, 4.69) is 9.98 Å². The SMILES string of the molecule is CCOc1ccc(-n2c(O)c(C=NCC[NH+](C)C)c(=O)[nH]c2=O)cc1. The van der Waals surface area contributed by atoms with Gasteiger partial charge in [0.05, 0.1) is 39.5 Å². The van der Waals surface area contributed by atoms with Gasteiger partial charge in [-0.25, -0.2) is 9.36 Å². The summed E-state index contributed by atoms with van der Waals surface area (Å²) < 4.78 is 6.38. The van der Waals surface area contributed by atoms with E-state index in [1.54, 1.807) is 24.3 Å². The predicted octanol–water partition coefficient (Wildman–Crippen LogP) is -0.806. The number of nitrogens with one attached hydrogen (secondary N) is 2. The van der Waals surface area contributed by atoms with Crippen molar-refractivity contribution in [2.45, 2.75) is 6.92 Å². The van der Waals surface area contributed by atoms with Crippen LogP contribution in [0.3, 0.4) is 0 Å². The van der Waals surface area contributed by atoms with Crippen LogP contribution < -0.4 is 20.9 Å². The quantitative estimate of drug-likeness (QED) is 0.571. The molecule has 3 N–H and O–H groups in total. The minimum Gasteiger partial charge on any atom is -0.494 e. The Kier molecular flexibility index (Phi) is 6.13. The highest BCUT2D eigenvalue weighted by atomic mass is 16.5. The number of ether oxygens (including phenoxy) is 1. The molecule has 1 aromatic carbocycles. The molecule has 2 aromatic rings. The van der Waals surface area contributed by atoms with Gasteiger partial charge in [-0.3, -0.25) is 14.8 Å². The monoisotopic (exact) mass is 347 g/mol. The molecular weight excluding hydrogens is 324 g/mol. The van der Waals surface area contributed by atoms with Crippen LogP contribution in [0.2, 0.25) is 0 Å². The van der Waals surface area contributed by atoms with Crippen molar-refractivity contribution in [2.24, 2.45) is 4.99 Å². The molecule has 0 aliphatic rings. The van der Waals surface area contributed by atoms with E-state index in [-0.39, 0.29) is 5.56 Å². The molecule has 134 valence electrons. The van der Waals surface area contributed by atoms with Gasteiger partial charge in [-0.1, -0.05) is 0 Å². The maximum atomic E-state index is 12.1. The van der Waals surface area contributed by atoms with E-state index in [1.807, 2.05) is 21.0 Å². The first-order chi connectivity index (χ1) is 11.9. The third-order valence-electron chi connectivity index (χ3n) is 3.49. The molecule has 0 fully saturated rings. The van der Waals surface area contributed by atoms with E-state index in [0.717, 1.165) is 11.1 Å². The molecule has 0 radical (unpaired) electrons. The van der Waals surface area contributed by atoms with E-state index in [9.17, 15) is 14.7 Å². The zero-order valence-corrected chi connectivity index (χ0v) is 14.6. The molecule has 0 aliphatic heterocycles. The Morgan fingerprint density at radius 1 is 1.28 bits per heavy atom. The molecule has 0 unspecified atom stereocenters. The summed E-state index contributed by atoms with van der Waals surface area (Å²) in [5.74, 6) is 0.204.